The summed E-state index contributed by atoms with van der Waals surface area (Å²) in [5.41, 5.74) is 0.569. The van der Waals surface area contributed by atoms with Crippen molar-refractivity contribution >= 4 is 29.3 Å². The Kier molecular flexibility index (Phi) is 7.56. The summed E-state index contributed by atoms with van der Waals surface area (Å²) in [6.07, 6.45) is 0.537. The van der Waals surface area contributed by atoms with Crippen molar-refractivity contribution < 1.29 is 19.4 Å². The second-order valence-electron chi connectivity index (χ2n) is 4.33. The molecule has 1 aromatic rings. The molecule has 0 heterocycles. The van der Waals surface area contributed by atoms with Gasteiger partial charge in [-0.25, -0.2) is 4.79 Å². The molecule has 0 atom stereocenters. The number of nitrogens with one attached hydrogen (secondary N) is 1. The van der Waals surface area contributed by atoms with Crippen LogP contribution in [0.25, 0.3) is 0 Å². The number of anilines is 1. The van der Waals surface area contributed by atoms with Crippen molar-refractivity contribution in [3.8, 4) is 0 Å². The minimum Gasteiger partial charge on any atom is -0.469 e. The zero-order chi connectivity index (χ0) is 15.7. The minimum atomic E-state index is -0.389. The number of ether oxygens (including phenoxy) is 1. The molecule has 0 aliphatic heterocycles. The first kappa shape index (κ1) is 17.3. The number of nitrogens with zero attached hydrogens (tertiary/aromatic N) is 1. The summed E-state index contributed by atoms with van der Waals surface area (Å²) in [5.74, 6) is -0.389. The van der Waals surface area contributed by atoms with Crippen LogP contribution in [0.2, 0.25) is 5.02 Å². The highest BCUT2D eigenvalue weighted by Crippen LogP contribution is 2.15. The summed E-state index contributed by atoms with van der Waals surface area (Å²) >= 11 is 5.85. The molecule has 21 heavy (non-hydrogen) atoms. The van der Waals surface area contributed by atoms with Gasteiger partial charge in [0.15, 0.2) is 0 Å². The molecule has 0 spiro atoms. The molecule has 7 heteroatoms. The first-order valence-electron chi connectivity index (χ1n) is 6.56. The number of methoxy groups -OCH3 is 1. The maximum Gasteiger partial charge on any atom is 0.321 e. The number of benzene rings is 1. The van der Waals surface area contributed by atoms with E-state index >= 15 is 0 Å². The van der Waals surface area contributed by atoms with Crippen LogP contribution in [0.4, 0.5) is 10.5 Å². The van der Waals surface area contributed by atoms with Gasteiger partial charge in [-0.05, 0) is 24.6 Å². The lowest BCUT2D eigenvalue weighted by molar-refractivity contribution is -0.140. The van der Waals surface area contributed by atoms with Gasteiger partial charge in [0.1, 0.15) is 0 Å². The lowest BCUT2D eigenvalue weighted by Crippen LogP contribution is -2.37. The number of hydrogen-bond donors (Lipinski definition) is 2. The third kappa shape index (κ3) is 6.46. The van der Waals surface area contributed by atoms with Crippen LogP contribution in [0.15, 0.2) is 24.3 Å². The molecule has 0 aliphatic rings. The quantitative estimate of drug-likeness (QED) is 0.756. The number of hydrogen-bond acceptors (Lipinski definition) is 4. The zero-order valence-electron chi connectivity index (χ0n) is 11.8. The number of carbonyl (C=O) groups excluding carboxylic acids is 2. The van der Waals surface area contributed by atoms with E-state index in [1.807, 2.05) is 0 Å². The minimum absolute atomic E-state index is 0.0286. The van der Waals surface area contributed by atoms with E-state index in [2.05, 4.69) is 10.1 Å². The summed E-state index contributed by atoms with van der Waals surface area (Å²) in [6, 6.07) is 6.43. The Labute approximate surface area is 128 Å². The van der Waals surface area contributed by atoms with E-state index in [0.717, 1.165) is 0 Å². The van der Waals surface area contributed by atoms with Gasteiger partial charge >= 0.3 is 12.0 Å². The molecule has 0 bridgehead atoms. The van der Waals surface area contributed by atoms with Crippen LogP contribution in [-0.2, 0) is 9.53 Å². The van der Waals surface area contributed by atoms with Gasteiger partial charge in [0.05, 0.1) is 13.5 Å². The number of aliphatic hydroxyl groups is 1. The summed E-state index contributed by atoms with van der Waals surface area (Å²) in [7, 11) is 1.30. The molecule has 0 fully saturated rings. The van der Waals surface area contributed by atoms with Gasteiger partial charge in [0, 0.05) is 30.4 Å². The van der Waals surface area contributed by atoms with Crippen LogP contribution in [-0.4, -0.2) is 48.8 Å². The topological polar surface area (TPSA) is 78.9 Å². The van der Waals surface area contributed by atoms with Crippen molar-refractivity contribution in [2.45, 2.75) is 12.8 Å². The predicted molar refractivity (Wildman–Crippen MR) is 80.4 cm³/mol. The monoisotopic (exact) mass is 314 g/mol. The van der Waals surface area contributed by atoms with Crippen molar-refractivity contribution in [1.82, 2.24) is 4.90 Å². The Hall–Kier alpha value is -1.79. The van der Waals surface area contributed by atoms with Crippen molar-refractivity contribution in [2.75, 3.05) is 32.1 Å². The van der Waals surface area contributed by atoms with E-state index in [4.69, 9.17) is 16.7 Å². The standard InChI is InChI=1S/C14H19ClN2O4/c1-21-13(19)6-8-17(7-3-9-18)14(20)16-12-5-2-4-11(15)10-12/h2,4-5,10,18H,3,6-9H2,1H3,(H,16,20). The van der Waals surface area contributed by atoms with Crippen molar-refractivity contribution in [1.29, 1.82) is 0 Å². The lowest BCUT2D eigenvalue weighted by Gasteiger charge is -2.22. The largest absolute Gasteiger partial charge is 0.469 e. The van der Waals surface area contributed by atoms with Gasteiger partial charge < -0.3 is 20.1 Å². The van der Waals surface area contributed by atoms with E-state index in [1.165, 1.54) is 12.0 Å². The summed E-state index contributed by atoms with van der Waals surface area (Å²) < 4.78 is 4.55. The smallest absolute Gasteiger partial charge is 0.321 e. The van der Waals surface area contributed by atoms with E-state index in [9.17, 15) is 9.59 Å². The highest BCUT2D eigenvalue weighted by Gasteiger charge is 2.15. The Bertz CT molecular complexity index is 482. The fraction of sp³-hybridized carbons (Fsp3) is 0.429. The van der Waals surface area contributed by atoms with Crippen molar-refractivity contribution in [2.24, 2.45) is 0 Å². The van der Waals surface area contributed by atoms with Crippen LogP contribution < -0.4 is 5.32 Å². The van der Waals surface area contributed by atoms with E-state index < -0.39 is 0 Å². The third-order valence-corrected chi connectivity index (χ3v) is 3.00. The molecular weight excluding hydrogens is 296 g/mol. The molecule has 0 aliphatic carbocycles. The van der Waals surface area contributed by atoms with Crippen LogP contribution in [0.3, 0.4) is 0 Å². The van der Waals surface area contributed by atoms with Crippen molar-refractivity contribution in [3.63, 3.8) is 0 Å². The summed E-state index contributed by atoms with van der Waals surface area (Å²) in [5, 5.41) is 12.1. The number of urea groups is 1. The van der Waals surface area contributed by atoms with E-state index in [0.29, 0.717) is 23.7 Å². The Morgan fingerprint density at radius 2 is 2.14 bits per heavy atom. The Morgan fingerprint density at radius 3 is 2.76 bits per heavy atom. The third-order valence-electron chi connectivity index (χ3n) is 2.76. The average molecular weight is 315 g/mol. The zero-order valence-corrected chi connectivity index (χ0v) is 12.6. The first-order valence-corrected chi connectivity index (χ1v) is 6.93. The van der Waals surface area contributed by atoms with E-state index in [1.54, 1.807) is 24.3 Å². The fourth-order valence-corrected chi connectivity index (χ4v) is 1.86. The molecule has 116 valence electrons. The normalized spacial score (nSPS) is 10.0. The van der Waals surface area contributed by atoms with Gasteiger partial charge in [-0.2, -0.15) is 0 Å². The number of rotatable bonds is 7. The van der Waals surface area contributed by atoms with Gasteiger partial charge in [0.25, 0.3) is 0 Å². The Morgan fingerprint density at radius 1 is 1.38 bits per heavy atom. The molecular formula is C14H19ClN2O4. The molecule has 1 aromatic carbocycles. The number of carbonyl (C=O) groups is 2. The van der Waals surface area contributed by atoms with Crippen LogP contribution >= 0.6 is 11.6 Å². The second kappa shape index (κ2) is 9.20. The molecule has 1 rings (SSSR count). The maximum absolute atomic E-state index is 12.2. The second-order valence-corrected chi connectivity index (χ2v) is 4.77. The summed E-state index contributed by atoms with van der Waals surface area (Å²) in [4.78, 5) is 24.8. The molecule has 6 nitrogen and oxygen atoms in total. The number of esters is 1. The molecule has 2 amide bonds. The van der Waals surface area contributed by atoms with Gasteiger partial charge in [0.2, 0.25) is 0 Å². The number of halogens is 1. The molecule has 0 radical (unpaired) electrons. The van der Waals surface area contributed by atoms with Crippen LogP contribution in [0, 0.1) is 0 Å². The Balaban J connectivity index is 2.63. The lowest BCUT2D eigenvalue weighted by atomic mass is 10.3. The fourth-order valence-electron chi connectivity index (χ4n) is 1.67. The molecule has 0 saturated carbocycles. The molecule has 0 aromatic heterocycles. The van der Waals surface area contributed by atoms with Gasteiger partial charge in [-0.3, -0.25) is 4.79 Å². The maximum atomic E-state index is 12.2. The molecule has 2 N–H and O–H groups in total. The molecule has 0 unspecified atom stereocenters. The van der Waals surface area contributed by atoms with Crippen LogP contribution in [0.1, 0.15) is 12.8 Å². The van der Waals surface area contributed by atoms with Crippen molar-refractivity contribution in [3.05, 3.63) is 29.3 Å². The number of amides is 2. The predicted octanol–water partition coefficient (Wildman–Crippen LogP) is 2.12. The van der Waals surface area contributed by atoms with Crippen LogP contribution in [0.5, 0.6) is 0 Å². The molecule has 0 saturated heterocycles. The van der Waals surface area contributed by atoms with Gasteiger partial charge in [-0.15, -0.1) is 0 Å². The number of aliphatic hydroxyl groups excluding tert-OH is 1. The average Bonchev–Trinajstić information content (AvgIpc) is 2.46. The highest BCUT2D eigenvalue weighted by atomic mass is 35.5. The summed E-state index contributed by atoms with van der Waals surface area (Å²) in [6.45, 7) is 0.540. The van der Waals surface area contributed by atoms with E-state index in [-0.39, 0.29) is 31.6 Å². The first-order chi connectivity index (χ1) is 10.1. The highest BCUT2D eigenvalue weighted by molar-refractivity contribution is 6.30. The SMILES string of the molecule is COC(=O)CCN(CCCO)C(=O)Nc1cccc(Cl)c1. The van der Waals surface area contributed by atoms with Gasteiger partial charge in [-0.1, -0.05) is 17.7 Å².